The molecule has 0 aliphatic carbocycles. The average Bonchev–Trinajstić information content (AvgIpc) is 3.38. The average molecular weight is 640 g/mol. The van der Waals surface area contributed by atoms with Gasteiger partial charge in [-0.1, -0.05) is 41.7 Å². The number of amides is 1. The van der Waals surface area contributed by atoms with Crippen LogP contribution in [0.3, 0.4) is 0 Å². The second-order valence-electron chi connectivity index (χ2n) is 9.55. The van der Waals surface area contributed by atoms with Crippen molar-refractivity contribution >= 4 is 28.2 Å². The third-order valence-electron chi connectivity index (χ3n) is 5.98. The van der Waals surface area contributed by atoms with Crippen molar-refractivity contribution in [3.63, 3.8) is 0 Å². The number of carbonyl (C=O) groups excluding carboxylic acids is 1. The van der Waals surface area contributed by atoms with Crippen LogP contribution in [0.5, 0.6) is 11.5 Å². The van der Waals surface area contributed by atoms with Gasteiger partial charge in [-0.25, -0.2) is 4.98 Å². The van der Waals surface area contributed by atoms with E-state index in [1.807, 2.05) is 6.07 Å². The first-order valence-corrected chi connectivity index (χ1v) is 14.2. The van der Waals surface area contributed by atoms with Crippen molar-refractivity contribution in [1.82, 2.24) is 15.2 Å². The highest BCUT2D eigenvalue weighted by Gasteiger charge is 2.31. The number of carbonyl (C=O) groups is 1. The standard InChI is InChI=1S/C29H27F6N5O3S/c30-28(31,32)42-22-8-3-6-19(15-22)13-14-36-27-40-39-26(44-27)10-2-1-5-20-11-12-24(37-18-20)38-25(41)17-21-7-4-9-23(16-21)43-29(33,34)35/h3-4,6-9,11-12,15-16,18H,1-2,5,10,13-14,17H2,(H,36,40)(H,37,38,41). The quantitative estimate of drug-likeness (QED) is 0.112. The van der Waals surface area contributed by atoms with Gasteiger partial charge in [-0.05, 0) is 72.7 Å². The number of halogens is 6. The number of hydrogen-bond acceptors (Lipinski definition) is 8. The first kappa shape index (κ1) is 32.5. The summed E-state index contributed by atoms with van der Waals surface area (Å²) in [4.78, 5) is 16.6. The van der Waals surface area contributed by atoms with Gasteiger partial charge in [-0.3, -0.25) is 4.79 Å². The maximum absolute atomic E-state index is 12.4. The van der Waals surface area contributed by atoms with E-state index in [2.05, 4.69) is 35.3 Å². The molecule has 0 unspecified atom stereocenters. The molecule has 2 aromatic heterocycles. The van der Waals surface area contributed by atoms with E-state index >= 15 is 0 Å². The van der Waals surface area contributed by atoms with Crippen molar-refractivity contribution in [3.05, 3.63) is 88.6 Å². The fraction of sp³-hybridized carbons (Fsp3) is 0.310. The molecule has 44 heavy (non-hydrogen) atoms. The van der Waals surface area contributed by atoms with Crippen molar-refractivity contribution in [3.8, 4) is 11.5 Å². The Morgan fingerprint density at radius 1 is 0.773 bits per heavy atom. The number of unbranched alkanes of at least 4 members (excludes halogenated alkanes) is 1. The summed E-state index contributed by atoms with van der Waals surface area (Å²) in [6, 6.07) is 14.6. The molecule has 0 radical (unpaired) electrons. The number of aryl methyl sites for hydroxylation is 2. The summed E-state index contributed by atoms with van der Waals surface area (Å²) in [6.07, 6.45) is -4.34. The van der Waals surface area contributed by atoms with Crippen molar-refractivity contribution in [2.24, 2.45) is 0 Å². The van der Waals surface area contributed by atoms with Gasteiger partial charge in [0.05, 0.1) is 6.42 Å². The summed E-state index contributed by atoms with van der Waals surface area (Å²) in [5.74, 6) is -0.745. The zero-order chi connectivity index (χ0) is 31.6. The van der Waals surface area contributed by atoms with E-state index in [1.165, 1.54) is 41.7 Å². The summed E-state index contributed by atoms with van der Waals surface area (Å²) in [5, 5.41) is 15.6. The first-order valence-electron chi connectivity index (χ1n) is 13.4. The molecule has 234 valence electrons. The summed E-state index contributed by atoms with van der Waals surface area (Å²) in [5.41, 5.74) is 2.03. The third-order valence-corrected chi connectivity index (χ3v) is 6.92. The lowest BCUT2D eigenvalue weighted by molar-refractivity contribution is -0.275. The van der Waals surface area contributed by atoms with Gasteiger partial charge in [0.15, 0.2) is 0 Å². The molecule has 4 aromatic rings. The van der Waals surface area contributed by atoms with E-state index in [0.29, 0.717) is 35.0 Å². The Morgan fingerprint density at radius 3 is 2.09 bits per heavy atom. The molecule has 0 aliphatic rings. The molecule has 4 rings (SSSR count). The van der Waals surface area contributed by atoms with Crippen LogP contribution in [0, 0.1) is 0 Å². The van der Waals surface area contributed by atoms with Crippen LogP contribution in [0.1, 0.15) is 34.5 Å². The fourth-order valence-electron chi connectivity index (χ4n) is 4.11. The van der Waals surface area contributed by atoms with E-state index in [-0.39, 0.29) is 12.2 Å². The van der Waals surface area contributed by atoms with Crippen molar-refractivity contribution < 1.29 is 40.6 Å². The molecule has 0 bridgehead atoms. The third kappa shape index (κ3) is 11.7. The van der Waals surface area contributed by atoms with Crippen molar-refractivity contribution in [1.29, 1.82) is 0 Å². The number of ether oxygens (including phenoxy) is 2. The molecule has 2 N–H and O–H groups in total. The monoisotopic (exact) mass is 639 g/mol. The van der Waals surface area contributed by atoms with Gasteiger partial charge < -0.3 is 20.1 Å². The molecular weight excluding hydrogens is 612 g/mol. The summed E-state index contributed by atoms with van der Waals surface area (Å²) < 4.78 is 82.3. The van der Waals surface area contributed by atoms with Crippen LogP contribution in [-0.2, 0) is 30.5 Å². The van der Waals surface area contributed by atoms with E-state index in [9.17, 15) is 31.1 Å². The lowest BCUT2D eigenvalue weighted by atomic mass is 10.1. The molecular formula is C29H27F6N5O3S. The van der Waals surface area contributed by atoms with Crippen LogP contribution in [0.15, 0.2) is 66.9 Å². The molecule has 0 spiro atoms. The molecule has 15 heteroatoms. The Bertz CT molecular complexity index is 1510. The van der Waals surface area contributed by atoms with Crippen LogP contribution in [0.2, 0.25) is 0 Å². The normalized spacial score (nSPS) is 11.7. The molecule has 0 atom stereocenters. The summed E-state index contributed by atoms with van der Waals surface area (Å²) >= 11 is 1.42. The van der Waals surface area contributed by atoms with Gasteiger partial charge in [0, 0.05) is 19.2 Å². The van der Waals surface area contributed by atoms with Gasteiger partial charge in [-0.15, -0.1) is 36.5 Å². The van der Waals surface area contributed by atoms with Crippen molar-refractivity contribution in [2.75, 3.05) is 17.2 Å². The number of benzene rings is 2. The largest absolute Gasteiger partial charge is 0.573 e. The number of nitrogens with zero attached hydrogens (tertiary/aromatic N) is 3. The highest BCUT2D eigenvalue weighted by atomic mass is 32.1. The van der Waals surface area contributed by atoms with E-state index < -0.39 is 24.4 Å². The molecule has 0 saturated carbocycles. The smallest absolute Gasteiger partial charge is 0.406 e. The Hall–Kier alpha value is -4.40. The maximum atomic E-state index is 12.4. The molecule has 2 heterocycles. The van der Waals surface area contributed by atoms with Crippen LogP contribution < -0.4 is 20.1 Å². The van der Waals surface area contributed by atoms with Crippen LogP contribution >= 0.6 is 11.3 Å². The minimum absolute atomic E-state index is 0.143. The Kier molecular flexibility index (Phi) is 11.0. The van der Waals surface area contributed by atoms with Gasteiger partial charge in [0.25, 0.3) is 0 Å². The number of aromatic nitrogens is 3. The SMILES string of the molecule is O=C(Cc1cccc(OC(F)(F)F)c1)Nc1ccc(CCCCc2nnc(NCCc3cccc(OC(F)(F)F)c3)s2)cn1. The molecule has 0 aliphatic heterocycles. The number of rotatable bonds is 14. The Morgan fingerprint density at radius 2 is 1.43 bits per heavy atom. The Labute approximate surface area is 252 Å². The maximum Gasteiger partial charge on any atom is 0.573 e. The number of anilines is 2. The number of pyridine rings is 1. The molecule has 0 fully saturated rings. The van der Waals surface area contributed by atoms with Crippen LogP contribution in [0.4, 0.5) is 37.3 Å². The van der Waals surface area contributed by atoms with Crippen LogP contribution in [-0.4, -0.2) is 40.4 Å². The fourth-order valence-corrected chi connectivity index (χ4v) is 4.92. The second-order valence-corrected chi connectivity index (χ2v) is 10.6. The van der Waals surface area contributed by atoms with E-state index in [1.54, 1.807) is 18.3 Å². The predicted octanol–water partition coefficient (Wildman–Crippen LogP) is 7.13. The van der Waals surface area contributed by atoms with E-state index in [0.717, 1.165) is 48.4 Å². The van der Waals surface area contributed by atoms with Crippen LogP contribution in [0.25, 0.3) is 0 Å². The first-order chi connectivity index (χ1) is 20.9. The van der Waals surface area contributed by atoms with Gasteiger partial charge in [0.1, 0.15) is 22.3 Å². The summed E-state index contributed by atoms with van der Waals surface area (Å²) in [7, 11) is 0. The second kappa shape index (κ2) is 14.9. The number of alkyl halides is 6. The Balaban J connectivity index is 1.13. The van der Waals surface area contributed by atoms with Gasteiger partial charge in [0.2, 0.25) is 11.0 Å². The zero-order valence-corrected chi connectivity index (χ0v) is 23.9. The molecule has 0 saturated heterocycles. The summed E-state index contributed by atoms with van der Waals surface area (Å²) in [6.45, 7) is 0.470. The lowest BCUT2D eigenvalue weighted by Gasteiger charge is -2.10. The molecule has 1 amide bonds. The highest BCUT2D eigenvalue weighted by molar-refractivity contribution is 7.15. The minimum Gasteiger partial charge on any atom is -0.406 e. The molecule has 8 nitrogen and oxygen atoms in total. The van der Waals surface area contributed by atoms with E-state index in [4.69, 9.17) is 0 Å². The number of nitrogens with one attached hydrogen (secondary N) is 2. The van der Waals surface area contributed by atoms with Gasteiger partial charge >= 0.3 is 12.7 Å². The highest BCUT2D eigenvalue weighted by Crippen LogP contribution is 2.25. The predicted molar refractivity (Wildman–Crippen MR) is 152 cm³/mol. The topological polar surface area (TPSA) is 98.3 Å². The van der Waals surface area contributed by atoms with Crippen molar-refractivity contribution in [2.45, 2.75) is 51.2 Å². The molecule has 2 aromatic carbocycles. The van der Waals surface area contributed by atoms with Gasteiger partial charge in [-0.2, -0.15) is 0 Å². The lowest BCUT2D eigenvalue weighted by Crippen LogP contribution is -2.18. The minimum atomic E-state index is -4.81. The zero-order valence-electron chi connectivity index (χ0n) is 23.0. The number of hydrogen-bond donors (Lipinski definition) is 2.